The summed E-state index contributed by atoms with van der Waals surface area (Å²) in [5, 5.41) is 4.76. The van der Waals surface area contributed by atoms with Crippen LogP contribution in [-0.4, -0.2) is 57.5 Å². The summed E-state index contributed by atoms with van der Waals surface area (Å²) in [6, 6.07) is 9.24. The minimum absolute atomic E-state index is 0. The molecule has 5 rings (SSSR count). The van der Waals surface area contributed by atoms with Crippen LogP contribution in [0.15, 0.2) is 24.3 Å². The number of aromatic nitrogens is 1. The first kappa shape index (κ1) is 20.5. The Morgan fingerprint density at radius 1 is 1.03 bits per heavy atom. The zero-order valence-electron chi connectivity index (χ0n) is 17.0. The van der Waals surface area contributed by atoms with E-state index in [0.717, 1.165) is 63.7 Å². The summed E-state index contributed by atoms with van der Waals surface area (Å²) in [7, 11) is 0. The number of nitrogens with zero attached hydrogens (tertiary/aromatic N) is 3. The lowest BCUT2D eigenvalue weighted by Crippen LogP contribution is -3.00. The number of nitrogens with one attached hydrogen (secondary N) is 1. The van der Waals surface area contributed by atoms with Gasteiger partial charge in [0.25, 0.3) is 0 Å². The van der Waals surface area contributed by atoms with Crippen LogP contribution in [0.2, 0.25) is 0 Å². The second-order valence-electron chi connectivity index (χ2n) is 7.77. The Hall–Kier alpha value is -1.73. The molecule has 0 radical (unpaired) electrons. The van der Waals surface area contributed by atoms with E-state index in [1.807, 2.05) is 11.3 Å². The predicted octanol–water partition coefficient (Wildman–Crippen LogP) is -0.766. The van der Waals surface area contributed by atoms with Crippen LogP contribution in [0.3, 0.4) is 0 Å². The Bertz CT molecular complexity index is 1070. The van der Waals surface area contributed by atoms with Crippen molar-refractivity contribution < 1.29 is 17.1 Å². The number of aryl methyl sites for hydroxylation is 2. The van der Waals surface area contributed by atoms with Gasteiger partial charge in [-0.05, 0) is 37.1 Å². The SMILES string of the molecule is Cc1cc(=[N+]2CCNCC2)cc2sc3cc(N4CCOCC4)cc(C)c3nc1-2.[Cl-]. The van der Waals surface area contributed by atoms with Gasteiger partial charge >= 0.3 is 0 Å². The second kappa shape index (κ2) is 8.56. The molecule has 29 heavy (non-hydrogen) atoms. The van der Waals surface area contributed by atoms with Crippen LogP contribution in [0.5, 0.6) is 0 Å². The smallest absolute Gasteiger partial charge is 0.201 e. The summed E-state index contributed by atoms with van der Waals surface area (Å²) >= 11 is 1.87. The van der Waals surface area contributed by atoms with Crippen LogP contribution in [0.1, 0.15) is 11.1 Å². The van der Waals surface area contributed by atoms with Crippen LogP contribution in [0.4, 0.5) is 5.69 Å². The second-order valence-corrected chi connectivity index (χ2v) is 8.85. The molecule has 1 aromatic carbocycles. The first-order valence-electron chi connectivity index (χ1n) is 10.2. The Labute approximate surface area is 181 Å². The molecule has 0 saturated carbocycles. The van der Waals surface area contributed by atoms with Gasteiger partial charge in [0.15, 0.2) is 13.1 Å². The molecule has 4 aliphatic rings. The first-order valence-corrected chi connectivity index (χ1v) is 11.0. The van der Waals surface area contributed by atoms with Crippen molar-refractivity contribution >= 4 is 27.2 Å². The van der Waals surface area contributed by atoms with Crippen molar-refractivity contribution in [2.45, 2.75) is 13.8 Å². The number of morpholine rings is 1. The van der Waals surface area contributed by atoms with E-state index < -0.39 is 0 Å². The highest BCUT2D eigenvalue weighted by Gasteiger charge is 2.18. The molecule has 0 aromatic heterocycles. The standard InChI is InChI=1S/C22H27N4OS.ClH/c1-15-11-17(25-5-3-23-4-6-25)13-19-21(15)24-22-16(2)12-18(14-20(22)28-19)26-7-9-27-10-8-26;/h11-14,23H,3-10H2,1-2H3;1H/q+1;/p-1. The molecule has 0 amide bonds. The maximum absolute atomic E-state index is 5.52. The lowest BCUT2D eigenvalue weighted by Gasteiger charge is -2.29. The molecule has 5 nitrogen and oxygen atoms in total. The summed E-state index contributed by atoms with van der Waals surface area (Å²) in [5.74, 6) is 0. The largest absolute Gasteiger partial charge is 1.00 e. The number of ether oxygens (including phenoxy) is 1. The lowest BCUT2D eigenvalue weighted by atomic mass is 10.1. The Morgan fingerprint density at radius 2 is 1.79 bits per heavy atom. The molecule has 0 spiro atoms. The summed E-state index contributed by atoms with van der Waals surface area (Å²) in [6.07, 6.45) is 0. The minimum Gasteiger partial charge on any atom is -1.00 e. The van der Waals surface area contributed by atoms with Crippen LogP contribution in [0.25, 0.3) is 20.8 Å². The van der Waals surface area contributed by atoms with E-state index in [4.69, 9.17) is 9.72 Å². The number of benzene rings is 2. The van der Waals surface area contributed by atoms with Crippen molar-refractivity contribution in [2.24, 2.45) is 0 Å². The minimum atomic E-state index is 0. The van der Waals surface area contributed by atoms with E-state index in [2.05, 4.69) is 52.9 Å². The molecule has 3 heterocycles. The monoisotopic (exact) mass is 430 g/mol. The number of rotatable bonds is 1. The van der Waals surface area contributed by atoms with E-state index in [1.54, 1.807) is 0 Å². The normalized spacial score (nSPS) is 17.6. The Balaban J connectivity index is 0.00000205. The van der Waals surface area contributed by atoms with Crippen LogP contribution in [0, 0.1) is 13.8 Å². The summed E-state index contributed by atoms with van der Waals surface area (Å²) in [6.45, 7) is 12.2. The molecular weight excluding hydrogens is 404 g/mol. The van der Waals surface area contributed by atoms with Gasteiger partial charge in [-0.2, -0.15) is 0 Å². The van der Waals surface area contributed by atoms with Crippen LogP contribution in [-0.2, 0) is 4.74 Å². The van der Waals surface area contributed by atoms with E-state index in [0.29, 0.717) is 0 Å². The molecule has 1 aliphatic carbocycles. The first-order chi connectivity index (χ1) is 13.7. The van der Waals surface area contributed by atoms with E-state index in [1.165, 1.54) is 31.7 Å². The fourth-order valence-electron chi connectivity index (χ4n) is 4.24. The van der Waals surface area contributed by atoms with E-state index in [9.17, 15) is 0 Å². The van der Waals surface area contributed by atoms with Crippen molar-refractivity contribution in [3.63, 3.8) is 0 Å². The van der Waals surface area contributed by atoms with Gasteiger partial charge < -0.3 is 27.4 Å². The van der Waals surface area contributed by atoms with Crippen LogP contribution < -0.4 is 32.6 Å². The molecule has 1 N–H and O–H groups in total. The molecule has 2 saturated heterocycles. The predicted molar refractivity (Wildman–Crippen MR) is 117 cm³/mol. The summed E-state index contributed by atoms with van der Waals surface area (Å²) in [5.41, 5.74) is 6.08. The Morgan fingerprint density at radius 3 is 2.55 bits per heavy atom. The number of fused-ring (bicyclic) bond motifs is 2. The molecule has 7 heteroatoms. The molecule has 3 aliphatic heterocycles. The molecule has 1 aromatic rings. The van der Waals surface area contributed by atoms with Gasteiger partial charge in [0.1, 0.15) is 0 Å². The third kappa shape index (κ3) is 3.99. The van der Waals surface area contributed by atoms with Gasteiger partial charge in [-0.1, -0.05) is 0 Å². The zero-order chi connectivity index (χ0) is 19.1. The molecule has 154 valence electrons. The maximum Gasteiger partial charge on any atom is 0.201 e. The van der Waals surface area contributed by atoms with Crippen molar-refractivity contribution in [1.82, 2.24) is 14.9 Å². The third-order valence-electron chi connectivity index (χ3n) is 5.80. The number of hydrogen-bond donors (Lipinski definition) is 1. The quantitative estimate of drug-likeness (QED) is 0.407. The van der Waals surface area contributed by atoms with Gasteiger partial charge in [0.05, 0.1) is 47.1 Å². The highest BCUT2D eigenvalue weighted by molar-refractivity contribution is 7.21. The number of piperazine rings is 1. The van der Waals surface area contributed by atoms with Gasteiger partial charge in [-0.15, -0.1) is 11.3 Å². The summed E-state index contributed by atoms with van der Waals surface area (Å²) < 4.78 is 9.27. The maximum atomic E-state index is 5.52. The van der Waals surface area contributed by atoms with Gasteiger partial charge in [-0.3, -0.25) is 0 Å². The highest BCUT2D eigenvalue weighted by Crippen LogP contribution is 2.35. The number of halogens is 1. The third-order valence-corrected chi connectivity index (χ3v) is 6.86. The molecule has 0 bridgehead atoms. The van der Waals surface area contributed by atoms with Crippen molar-refractivity contribution in [3.05, 3.63) is 40.7 Å². The fourth-order valence-corrected chi connectivity index (χ4v) is 5.44. The number of hydrogen-bond acceptors (Lipinski definition) is 5. The summed E-state index contributed by atoms with van der Waals surface area (Å²) in [4.78, 5) is 8.79. The van der Waals surface area contributed by atoms with Gasteiger partial charge in [0.2, 0.25) is 5.36 Å². The van der Waals surface area contributed by atoms with Gasteiger partial charge in [0, 0.05) is 30.9 Å². The van der Waals surface area contributed by atoms with E-state index in [-0.39, 0.29) is 12.4 Å². The molecule has 0 atom stereocenters. The molecule has 0 unspecified atom stereocenters. The zero-order valence-corrected chi connectivity index (χ0v) is 18.6. The van der Waals surface area contributed by atoms with Crippen molar-refractivity contribution in [2.75, 3.05) is 57.4 Å². The fraction of sp³-hybridized carbons (Fsp3) is 0.455. The average Bonchev–Trinajstić information content (AvgIpc) is 2.74. The molecular formula is C22H27ClN4OS. The Kier molecular flexibility index (Phi) is 6.06. The topological polar surface area (TPSA) is 40.4 Å². The highest BCUT2D eigenvalue weighted by atomic mass is 35.5. The van der Waals surface area contributed by atoms with E-state index >= 15 is 0 Å². The average molecular weight is 431 g/mol. The van der Waals surface area contributed by atoms with Crippen LogP contribution >= 0.6 is 11.3 Å². The van der Waals surface area contributed by atoms with Gasteiger partial charge in [-0.25, -0.2) is 9.56 Å². The molecule has 2 fully saturated rings. The van der Waals surface area contributed by atoms with Crippen molar-refractivity contribution in [1.29, 1.82) is 0 Å². The number of anilines is 1. The lowest BCUT2D eigenvalue weighted by molar-refractivity contribution is -0.00000643. The van der Waals surface area contributed by atoms with Crippen molar-refractivity contribution in [3.8, 4) is 10.6 Å².